The number of amides is 1. The molecule has 318 valence electrons. The molecule has 0 saturated heterocycles. The minimum Gasteiger partial charge on any atom is -0.462 e. The largest absolute Gasteiger partial charge is 0.462 e. The molecule has 1 amide bonds. The first-order valence-corrected chi connectivity index (χ1v) is 23.6. The molecule has 3 N–H and O–H groups in total. The van der Waals surface area contributed by atoms with E-state index in [0.29, 0.717) is 19.3 Å². The molecule has 0 saturated carbocycles. The van der Waals surface area contributed by atoms with Crippen molar-refractivity contribution in [2.24, 2.45) is 0 Å². The minimum absolute atomic E-state index is 0.0777. The third kappa shape index (κ3) is 37.3. The van der Waals surface area contributed by atoms with E-state index in [9.17, 15) is 19.8 Å². The summed E-state index contributed by atoms with van der Waals surface area (Å²) in [6.45, 7) is 6.35. The van der Waals surface area contributed by atoms with E-state index in [1.165, 1.54) is 128 Å². The summed E-state index contributed by atoms with van der Waals surface area (Å²) in [6, 6.07) is -0.696. The van der Waals surface area contributed by atoms with Crippen LogP contribution in [0, 0.1) is 0 Å². The van der Waals surface area contributed by atoms with Gasteiger partial charge in [0.2, 0.25) is 5.91 Å². The fraction of sp³-hybridized carbons (Fsp3) is 0.875. The van der Waals surface area contributed by atoms with Crippen molar-refractivity contribution in [1.82, 2.24) is 5.32 Å². The van der Waals surface area contributed by atoms with E-state index >= 15 is 0 Å². The molecule has 0 heterocycles. The molecule has 3 atom stereocenters. The first-order valence-electron chi connectivity index (χ1n) is 23.6. The van der Waals surface area contributed by atoms with Crippen molar-refractivity contribution in [3.05, 3.63) is 24.3 Å². The Morgan fingerprint density at radius 3 is 1.50 bits per heavy atom. The van der Waals surface area contributed by atoms with Crippen molar-refractivity contribution in [3.63, 3.8) is 0 Å². The van der Waals surface area contributed by atoms with Crippen molar-refractivity contribution < 1.29 is 24.5 Å². The fourth-order valence-electron chi connectivity index (χ4n) is 7.23. The Labute approximate surface area is 335 Å². The van der Waals surface area contributed by atoms with Gasteiger partial charge in [-0.05, 0) is 51.4 Å². The van der Waals surface area contributed by atoms with Crippen LogP contribution >= 0.6 is 0 Å². The average molecular weight is 762 g/mol. The fourth-order valence-corrected chi connectivity index (χ4v) is 7.23. The molecule has 0 aromatic carbocycles. The predicted molar refractivity (Wildman–Crippen MR) is 232 cm³/mol. The van der Waals surface area contributed by atoms with Crippen molar-refractivity contribution >= 4 is 11.9 Å². The highest BCUT2D eigenvalue weighted by Gasteiger charge is 2.24. The Morgan fingerprint density at radius 1 is 0.556 bits per heavy atom. The van der Waals surface area contributed by atoms with Crippen molar-refractivity contribution in [2.45, 2.75) is 264 Å². The molecule has 6 nitrogen and oxygen atoms in total. The molecule has 54 heavy (non-hydrogen) atoms. The summed E-state index contributed by atoms with van der Waals surface area (Å²) in [7, 11) is 0. The number of carbonyl (C=O) groups excluding carboxylic acids is 2. The van der Waals surface area contributed by atoms with E-state index in [4.69, 9.17) is 4.74 Å². The second-order valence-electron chi connectivity index (χ2n) is 16.1. The van der Waals surface area contributed by atoms with Crippen molar-refractivity contribution in [2.75, 3.05) is 6.61 Å². The first-order chi connectivity index (χ1) is 26.5. The lowest BCUT2D eigenvalue weighted by atomic mass is 10.0. The van der Waals surface area contributed by atoms with E-state index in [2.05, 4.69) is 50.4 Å². The summed E-state index contributed by atoms with van der Waals surface area (Å²) < 4.78 is 5.88. The van der Waals surface area contributed by atoms with Gasteiger partial charge in [0, 0.05) is 6.42 Å². The van der Waals surface area contributed by atoms with Crippen molar-refractivity contribution in [3.8, 4) is 0 Å². The molecule has 0 rings (SSSR count). The molecule has 0 aliphatic heterocycles. The Morgan fingerprint density at radius 2 is 1.00 bits per heavy atom. The molecule has 0 spiro atoms. The standard InChI is InChI=1S/C48H91NO5/c1-4-7-10-13-16-18-20-22-24-26-28-31-34-37-40-46(51)45(43-50)49-47(52)42-44(39-36-33-30-15-12-9-6-3)54-48(53)41-38-35-32-29-27-25-23-21-19-17-14-11-8-5-2/h8,11,17,19,44-46,50-51H,4-7,9-10,12-16,18,20-43H2,1-3H3,(H,49,52)/b11-8+,19-17+. The van der Waals surface area contributed by atoms with E-state index in [-0.39, 0.29) is 24.9 Å². The molecule has 0 radical (unpaired) electrons. The highest BCUT2D eigenvalue weighted by atomic mass is 16.5. The van der Waals surface area contributed by atoms with Gasteiger partial charge in [0.15, 0.2) is 0 Å². The van der Waals surface area contributed by atoms with Crippen molar-refractivity contribution in [1.29, 1.82) is 0 Å². The minimum atomic E-state index is -0.782. The van der Waals surface area contributed by atoms with Crippen LogP contribution in [0.5, 0.6) is 0 Å². The summed E-state index contributed by atoms with van der Waals surface area (Å²) in [5.41, 5.74) is 0. The van der Waals surface area contributed by atoms with Gasteiger partial charge in [0.05, 0.1) is 25.2 Å². The van der Waals surface area contributed by atoms with Crippen LogP contribution in [0.15, 0.2) is 24.3 Å². The number of allylic oxidation sites excluding steroid dienone is 4. The molecular formula is C48H91NO5. The van der Waals surface area contributed by atoms with Crippen LogP contribution < -0.4 is 5.32 Å². The Bertz CT molecular complexity index is 858. The molecule has 6 heteroatoms. The van der Waals surface area contributed by atoms with Gasteiger partial charge in [-0.1, -0.05) is 206 Å². The first kappa shape index (κ1) is 52.3. The normalized spacial score (nSPS) is 13.5. The van der Waals surface area contributed by atoms with Gasteiger partial charge < -0.3 is 20.3 Å². The monoisotopic (exact) mass is 762 g/mol. The Hall–Kier alpha value is -1.66. The zero-order valence-corrected chi connectivity index (χ0v) is 36.1. The number of hydrogen-bond donors (Lipinski definition) is 3. The molecule has 0 bridgehead atoms. The number of carbonyl (C=O) groups is 2. The van der Waals surface area contributed by atoms with Gasteiger partial charge >= 0.3 is 5.97 Å². The smallest absolute Gasteiger partial charge is 0.306 e. The number of nitrogens with one attached hydrogen (secondary N) is 1. The lowest BCUT2D eigenvalue weighted by Crippen LogP contribution is -2.46. The molecule has 0 aromatic heterocycles. The lowest BCUT2D eigenvalue weighted by molar-refractivity contribution is -0.151. The van der Waals surface area contributed by atoms with E-state index in [1.807, 2.05) is 0 Å². The maximum atomic E-state index is 13.1. The molecule has 0 fully saturated rings. The van der Waals surface area contributed by atoms with Gasteiger partial charge in [-0.2, -0.15) is 0 Å². The van der Waals surface area contributed by atoms with Crippen LogP contribution in [0.3, 0.4) is 0 Å². The summed E-state index contributed by atoms with van der Waals surface area (Å²) >= 11 is 0. The molecule has 0 aliphatic rings. The number of aliphatic hydroxyl groups excluding tert-OH is 2. The highest BCUT2D eigenvalue weighted by Crippen LogP contribution is 2.18. The number of unbranched alkanes of at least 4 members (excludes halogenated alkanes) is 26. The average Bonchev–Trinajstić information content (AvgIpc) is 3.16. The van der Waals surface area contributed by atoms with Crippen LogP contribution in [0.25, 0.3) is 0 Å². The third-order valence-corrected chi connectivity index (χ3v) is 10.8. The number of esters is 1. The topological polar surface area (TPSA) is 95.9 Å². The van der Waals surface area contributed by atoms with Crippen LogP contribution in [0.4, 0.5) is 0 Å². The van der Waals surface area contributed by atoms with E-state index < -0.39 is 18.2 Å². The Kier molecular flexibility index (Phi) is 41.2. The quantitative estimate of drug-likeness (QED) is 0.0327. The van der Waals surface area contributed by atoms with Crippen LogP contribution in [-0.2, 0) is 14.3 Å². The maximum Gasteiger partial charge on any atom is 0.306 e. The highest BCUT2D eigenvalue weighted by molar-refractivity contribution is 5.77. The molecule has 0 aliphatic carbocycles. The van der Waals surface area contributed by atoms with E-state index in [0.717, 1.165) is 70.6 Å². The van der Waals surface area contributed by atoms with E-state index in [1.54, 1.807) is 0 Å². The second-order valence-corrected chi connectivity index (χ2v) is 16.1. The SMILES string of the molecule is CC/C=C/C/C=C/CCCCCCCCCC(=O)OC(CCCCCCCCC)CC(=O)NC(CO)C(O)CCCCCCCCCCCCCCCC. The van der Waals surface area contributed by atoms with Crippen LogP contribution in [0.2, 0.25) is 0 Å². The second kappa shape index (κ2) is 42.5. The van der Waals surface area contributed by atoms with Gasteiger partial charge in [-0.3, -0.25) is 9.59 Å². The van der Waals surface area contributed by atoms with Crippen LogP contribution in [0.1, 0.15) is 245 Å². The number of ether oxygens (including phenoxy) is 1. The number of aliphatic hydroxyl groups is 2. The van der Waals surface area contributed by atoms with Gasteiger partial charge in [-0.25, -0.2) is 0 Å². The zero-order valence-electron chi connectivity index (χ0n) is 36.1. The lowest BCUT2D eigenvalue weighted by Gasteiger charge is -2.24. The summed E-state index contributed by atoms with van der Waals surface area (Å²) in [5, 5.41) is 23.6. The summed E-state index contributed by atoms with van der Waals surface area (Å²) in [5.74, 6) is -0.480. The Balaban J connectivity index is 4.39. The molecular weight excluding hydrogens is 671 g/mol. The molecule has 3 unspecified atom stereocenters. The predicted octanol–water partition coefficient (Wildman–Crippen LogP) is 13.6. The summed E-state index contributed by atoms with van der Waals surface area (Å²) in [6.07, 6.45) is 46.8. The zero-order chi connectivity index (χ0) is 39.6. The summed E-state index contributed by atoms with van der Waals surface area (Å²) in [4.78, 5) is 25.9. The molecule has 0 aromatic rings. The maximum absolute atomic E-state index is 13.1. The van der Waals surface area contributed by atoms with Gasteiger partial charge in [-0.15, -0.1) is 0 Å². The van der Waals surface area contributed by atoms with Gasteiger partial charge in [0.25, 0.3) is 0 Å². The van der Waals surface area contributed by atoms with Gasteiger partial charge in [0.1, 0.15) is 6.10 Å². The number of rotatable bonds is 42. The third-order valence-electron chi connectivity index (χ3n) is 10.8. The number of hydrogen-bond acceptors (Lipinski definition) is 5. The van der Waals surface area contributed by atoms with Crippen LogP contribution in [-0.4, -0.2) is 46.9 Å².